The van der Waals surface area contributed by atoms with E-state index < -0.39 is 5.67 Å². The van der Waals surface area contributed by atoms with Crippen molar-refractivity contribution in [3.05, 3.63) is 34.9 Å². The van der Waals surface area contributed by atoms with Crippen molar-refractivity contribution in [3.63, 3.8) is 0 Å². The third-order valence-electron chi connectivity index (χ3n) is 2.69. The van der Waals surface area contributed by atoms with Gasteiger partial charge in [-0.05, 0) is 25.0 Å². The molecule has 1 aliphatic heterocycles. The molecule has 1 aromatic rings. The van der Waals surface area contributed by atoms with Gasteiger partial charge in [-0.3, -0.25) is 0 Å². The second-order valence-electron chi connectivity index (χ2n) is 3.89. The Morgan fingerprint density at radius 3 is 2.54 bits per heavy atom. The third-order valence-corrected chi connectivity index (χ3v) is 2.69. The van der Waals surface area contributed by atoms with Crippen LogP contribution in [0.3, 0.4) is 0 Å². The normalized spacial score (nSPS) is 19.6. The molecular weight excluding hydrogens is 165 g/mol. The smallest absolute Gasteiger partial charge is 0.160 e. The standard InChI is InChI=1S/C11H14FN/c1-8-3-4-9(2)10(5-8)11(12)6-13-7-11/h3-5,13H,6-7H2,1-2H3. The van der Waals surface area contributed by atoms with Crippen LogP contribution in [0.1, 0.15) is 16.7 Å². The molecule has 1 N–H and O–H groups in total. The van der Waals surface area contributed by atoms with Gasteiger partial charge in [-0.25, -0.2) is 4.39 Å². The first-order valence-corrected chi connectivity index (χ1v) is 4.59. The minimum absolute atomic E-state index is 0.456. The van der Waals surface area contributed by atoms with Gasteiger partial charge in [-0.1, -0.05) is 23.8 Å². The van der Waals surface area contributed by atoms with Crippen LogP contribution in [0.4, 0.5) is 4.39 Å². The van der Waals surface area contributed by atoms with Crippen molar-refractivity contribution in [3.8, 4) is 0 Å². The summed E-state index contributed by atoms with van der Waals surface area (Å²) < 4.78 is 14.0. The molecular formula is C11H14FN. The van der Waals surface area contributed by atoms with Crippen molar-refractivity contribution in [2.75, 3.05) is 13.1 Å². The maximum Gasteiger partial charge on any atom is 0.160 e. The van der Waals surface area contributed by atoms with Crippen LogP contribution in [0, 0.1) is 13.8 Å². The summed E-state index contributed by atoms with van der Waals surface area (Å²) in [7, 11) is 0. The van der Waals surface area contributed by atoms with Crippen LogP contribution in [0.15, 0.2) is 18.2 Å². The first kappa shape index (κ1) is 8.70. The lowest BCUT2D eigenvalue weighted by Crippen LogP contribution is -2.54. The van der Waals surface area contributed by atoms with Gasteiger partial charge in [0.05, 0.1) is 0 Å². The molecule has 0 aromatic heterocycles. The zero-order chi connectivity index (χ0) is 9.47. The summed E-state index contributed by atoms with van der Waals surface area (Å²) in [5.74, 6) is 0. The van der Waals surface area contributed by atoms with Gasteiger partial charge in [0.1, 0.15) is 0 Å². The van der Waals surface area contributed by atoms with Gasteiger partial charge in [0.2, 0.25) is 0 Å². The molecule has 0 atom stereocenters. The zero-order valence-corrected chi connectivity index (χ0v) is 8.02. The number of rotatable bonds is 1. The van der Waals surface area contributed by atoms with Crippen LogP contribution in [0.25, 0.3) is 0 Å². The molecule has 1 aromatic carbocycles. The number of aryl methyl sites for hydroxylation is 2. The van der Waals surface area contributed by atoms with Gasteiger partial charge in [0, 0.05) is 13.1 Å². The van der Waals surface area contributed by atoms with Gasteiger partial charge in [-0.2, -0.15) is 0 Å². The Labute approximate surface area is 78.0 Å². The highest BCUT2D eigenvalue weighted by Crippen LogP contribution is 2.32. The summed E-state index contributed by atoms with van der Waals surface area (Å²) in [6, 6.07) is 5.97. The van der Waals surface area contributed by atoms with Crippen LogP contribution in [-0.2, 0) is 5.67 Å². The summed E-state index contributed by atoms with van der Waals surface area (Å²) in [4.78, 5) is 0. The van der Waals surface area contributed by atoms with Crippen LogP contribution in [-0.4, -0.2) is 13.1 Å². The maximum absolute atomic E-state index is 14.0. The molecule has 0 unspecified atom stereocenters. The Hall–Kier alpha value is -0.890. The fourth-order valence-corrected chi connectivity index (χ4v) is 1.75. The third kappa shape index (κ3) is 1.35. The molecule has 70 valence electrons. The highest BCUT2D eigenvalue weighted by atomic mass is 19.1. The predicted octanol–water partition coefficient (Wildman–Crippen LogP) is 2.07. The van der Waals surface area contributed by atoms with Crippen molar-refractivity contribution >= 4 is 0 Å². The second kappa shape index (κ2) is 2.81. The SMILES string of the molecule is Cc1ccc(C)c(C2(F)CNC2)c1. The van der Waals surface area contributed by atoms with E-state index in [-0.39, 0.29) is 0 Å². The zero-order valence-electron chi connectivity index (χ0n) is 8.02. The number of hydrogen-bond donors (Lipinski definition) is 1. The van der Waals surface area contributed by atoms with Crippen LogP contribution in [0.2, 0.25) is 0 Å². The van der Waals surface area contributed by atoms with Gasteiger partial charge in [-0.15, -0.1) is 0 Å². The quantitative estimate of drug-likeness (QED) is 0.696. The highest BCUT2D eigenvalue weighted by molar-refractivity contribution is 5.37. The lowest BCUT2D eigenvalue weighted by atomic mass is 9.86. The fourth-order valence-electron chi connectivity index (χ4n) is 1.75. The van der Waals surface area contributed by atoms with Gasteiger partial charge in [0.15, 0.2) is 5.67 Å². The van der Waals surface area contributed by atoms with Crippen LogP contribution < -0.4 is 5.32 Å². The number of hydrogen-bond acceptors (Lipinski definition) is 1. The van der Waals surface area contributed by atoms with Gasteiger partial charge < -0.3 is 5.32 Å². The molecule has 13 heavy (non-hydrogen) atoms. The Morgan fingerprint density at radius 2 is 2.00 bits per heavy atom. The maximum atomic E-state index is 14.0. The first-order valence-electron chi connectivity index (χ1n) is 4.59. The summed E-state index contributed by atoms with van der Waals surface area (Å²) in [6.07, 6.45) is 0. The molecule has 1 saturated heterocycles. The van der Waals surface area contributed by atoms with E-state index >= 15 is 0 Å². The summed E-state index contributed by atoms with van der Waals surface area (Å²) >= 11 is 0. The number of halogens is 1. The molecule has 0 bridgehead atoms. The van der Waals surface area contributed by atoms with Crippen molar-refractivity contribution in [1.82, 2.24) is 5.32 Å². The molecule has 1 heterocycles. The van der Waals surface area contributed by atoms with Crippen molar-refractivity contribution in [1.29, 1.82) is 0 Å². The predicted molar refractivity (Wildman–Crippen MR) is 51.6 cm³/mol. The van der Waals surface area contributed by atoms with E-state index in [9.17, 15) is 4.39 Å². The van der Waals surface area contributed by atoms with Gasteiger partial charge in [0.25, 0.3) is 0 Å². The average molecular weight is 179 g/mol. The summed E-state index contributed by atoms with van der Waals surface area (Å²) in [5, 5.41) is 2.97. The van der Waals surface area contributed by atoms with E-state index in [1.165, 1.54) is 0 Å². The van der Waals surface area contributed by atoms with Gasteiger partial charge >= 0.3 is 0 Å². The Morgan fingerprint density at radius 1 is 1.31 bits per heavy atom. The molecule has 0 radical (unpaired) electrons. The number of benzene rings is 1. The largest absolute Gasteiger partial charge is 0.310 e. The lowest BCUT2D eigenvalue weighted by Gasteiger charge is -2.36. The van der Waals surface area contributed by atoms with E-state index in [0.29, 0.717) is 13.1 Å². The second-order valence-corrected chi connectivity index (χ2v) is 3.89. The summed E-state index contributed by atoms with van der Waals surface area (Å²) in [5.41, 5.74) is 1.92. The molecule has 2 rings (SSSR count). The van der Waals surface area contributed by atoms with Crippen molar-refractivity contribution in [2.45, 2.75) is 19.5 Å². The fraction of sp³-hybridized carbons (Fsp3) is 0.455. The van der Waals surface area contributed by atoms with E-state index in [1.807, 2.05) is 32.0 Å². The molecule has 0 aliphatic carbocycles. The molecule has 1 fully saturated rings. The Bertz CT molecular complexity index is 329. The van der Waals surface area contributed by atoms with E-state index in [1.54, 1.807) is 0 Å². The minimum Gasteiger partial charge on any atom is -0.310 e. The highest BCUT2D eigenvalue weighted by Gasteiger charge is 2.39. The van der Waals surface area contributed by atoms with Crippen LogP contribution in [0.5, 0.6) is 0 Å². The molecule has 1 nitrogen and oxygen atoms in total. The molecule has 0 saturated carbocycles. The van der Waals surface area contributed by atoms with E-state index in [2.05, 4.69) is 5.32 Å². The van der Waals surface area contributed by atoms with Crippen molar-refractivity contribution < 1.29 is 4.39 Å². The topological polar surface area (TPSA) is 12.0 Å². The van der Waals surface area contributed by atoms with Crippen molar-refractivity contribution in [2.24, 2.45) is 0 Å². The van der Waals surface area contributed by atoms with E-state index in [0.717, 1.165) is 16.7 Å². The molecule has 0 amide bonds. The number of alkyl halides is 1. The Balaban J connectivity index is 2.43. The number of nitrogens with one attached hydrogen (secondary N) is 1. The summed E-state index contributed by atoms with van der Waals surface area (Å²) in [6.45, 7) is 4.88. The van der Waals surface area contributed by atoms with E-state index in [4.69, 9.17) is 0 Å². The lowest BCUT2D eigenvalue weighted by molar-refractivity contribution is 0.0883. The first-order chi connectivity index (χ1) is 6.12. The Kier molecular flexibility index (Phi) is 1.88. The van der Waals surface area contributed by atoms with Crippen LogP contribution >= 0.6 is 0 Å². The monoisotopic (exact) mass is 179 g/mol. The average Bonchev–Trinajstić information content (AvgIpc) is 2.05. The minimum atomic E-state index is -1.11. The molecule has 0 spiro atoms. The molecule has 1 aliphatic rings. The molecule has 2 heteroatoms.